The maximum Gasteiger partial charge on any atom is 0.337 e. The fraction of sp³-hybridized carbons (Fsp3) is 0.333. The molecule has 0 bridgehead atoms. The molecule has 2 aliphatic heterocycles. The number of benzene rings is 2. The minimum Gasteiger partial charge on any atom is -0.497 e. The molecule has 2 heterocycles. The molecule has 2 aliphatic rings. The van der Waals surface area contributed by atoms with Gasteiger partial charge in [0.25, 0.3) is 5.91 Å². The average Bonchev–Trinajstić information content (AvgIpc) is 2.97. The summed E-state index contributed by atoms with van der Waals surface area (Å²) in [6.07, 6.45) is 1.66. The zero-order valence-electron chi connectivity index (χ0n) is 23.8. The number of hydrazine groups is 1. The topological polar surface area (TPSA) is 161 Å². The summed E-state index contributed by atoms with van der Waals surface area (Å²) in [7, 11) is 1.65. The van der Waals surface area contributed by atoms with E-state index >= 15 is 0 Å². The van der Waals surface area contributed by atoms with E-state index in [2.05, 4.69) is 28.3 Å². The molecule has 5 N–H and O–H groups in total. The van der Waals surface area contributed by atoms with Gasteiger partial charge in [-0.3, -0.25) is 15.1 Å². The molecule has 4 rings (SSSR count). The third-order valence-corrected chi connectivity index (χ3v) is 7.63. The van der Waals surface area contributed by atoms with Gasteiger partial charge in [0.15, 0.2) is 0 Å². The number of rotatable bonds is 8. The lowest BCUT2D eigenvalue weighted by molar-refractivity contribution is -0.133. The number of hydrogen-bond acceptors (Lipinski definition) is 7. The van der Waals surface area contributed by atoms with Crippen molar-refractivity contribution in [3.05, 3.63) is 76.6 Å². The SMILES string of the molecule is COc1cccc(C2CCN(CC(=O)NNC(=O)Nc3ccc(N4C(C)=C(C(=O)O)CC(C(=O)O)=C4C)cc3)CC2)c1. The number of carbonyl (C=O) groups is 4. The van der Waals surface area contributed by atoms with Gasteiger partial charge < -0.3 is 25.2 Å². The van der Waals surface area contributed by atoms with Crippen molar-refractivity contribution >= 4 is 35.3 Å². The summed E-state index contributed by atoms with van der Waals surface area (Å²) in [4.78, 5) is 51.8. The molecule has 0 unspecified atom stereocenters. The number of aliphatic carboxylic acids is 2. The molecule has 0 aromatic heterocycles. The van der Waals surface area contributed by atoms with Crippen molar-refractivity contribution < 1.29 is 34.1 Å². The van der Waals surface area contributed by atoms with E-state index in [1.807, 2.05) is 17.0 Å². The molecule has 1 saturated heterocycles. The van der Waals surface area contributed by atoms with E-state index in [1.165, 1.54) is 5.56 Å². The Labute approximate surface area is 243 Å². The minimum absolute atomic E-state index is 0.00319. The number of urea groups is 1. The number of hydrogen-bond donors (Lipinski definition) is 5. The molecule has 222 valence electrons. The zero-order chi connectivity index (χ0) is 30.4. The van der Waals surface area contributed by atoms with E-state index in [-0.39, 0.29) is 30.0 Å². The molecule has 2 aromatic rings. The van der Waals surface area contributed by atoms with E-state index in [9.17, 15) is 29.4 Å². The Balaban J connectivity index is 1.26. The molecule has 12 heteroatoms. The normalized spacial score (nSPS) is 16.2. The fourth-order valence-corrected chi connectivity index (χ4v) is 5.35. The number of nitrogens with zero attached hydrogens (tertiary/aromatic N) is 2. The summed E-state index contributed by atoms with van der Waals surface area (Å²) in [6.45, 7) is 4.92. The fourth-order valence-electron chi connectivity index (χ4n) is 5.35. The molecule has 0 aliphatic carbocycles. The number of piperidine rings is 1. The first-order valence-corrected chi connectivity index (χ1v) is 13.6. The summed E-state index contributed by atoms with van der Waals surface area (Å²) < 4.78 is 5.32. The Morgan fingerprint density at radius 2 is 1.52 bits per heavy atom. The predicted octanol–water partition coefficient (Wildman–Crippen LogP) is 3.65. The molecule has 0 saturated carbocycles. The van der Waals surface area contributed by atoms with Gasteiger partial charge in [0, 0.05) is 29.2 Å². The summed E-state index contributed by atoms with van der Waals surface area (Å²) in [5.41, 5.74) is 7.78. The molecular weight excluding hydrogens is 542 g/mol. The highest BCUT2D eigenvalue weighted by Gasteiger charge is 2.30. The van der Waals surface area contributed by atoms with Crippen molar-refractivity contribution in [2.45, 2.75) is 39.0 Å². The smallest absolute Gasteiger partial charge is 0.337 e. The first-order chi connectivity index (χ1) is 20.1. The second-order valence-electron chi connectivity index (χ2n) is 10.3. The number of ether oxygens (including phenoxy) is 1. The van der Waals surface area contributed by atoms with Gasteiger partial charge in [0.05, 0.1) is 24.8 Å². The molecule has 0 radical (unpaired) electrons. The molecule has 2 aromatic carbocycles. The number of methoxy groups -OCH3 is 1. The summed E-state index contributed by atoms with van der Waals surface area (Å²) in [5.74, 6) is -1.46. The van der Waals surface area contributed by atoms with Crippen LogP contribution >= 0.6 is 0 Å². The number of carboxylic acid groups (broad SMARTS) is 2. The van der Waals surface area contributed by atoms with Crippen LogP contribution in [0.25, 0.3) is 0 Å². The van der Waals surface area contributed by atoms with Crippen LogP contribution in [0.5, 0.6) is 5.75 Å². The summed E-state index contributed by atoms with van der Waals surface area (Å²) in [6, 6.07) is 13.9. The van der Waals surface area contributed by atoms with Crippen LogP contribution in [0, 0.1) is 0 Å². The maximum atomic E-state index is 12.4. The van der Waals surface area contributed by atoms with Gasteiger partial charge >= 0.3 is 18.0 Å². The highest BCUT2D eigenvalue weighted by molar-refractivity contribution is 5.97. The van der Waals surface area contributed by atoms with Crippen molar-refractivity contribution in [3.8, 4) is 5.75 Å². The number of carboxylic acids is 2. The van der Waals surface area contributed by atoms with Crippen LogP contribution in [0.15, 0.2) is 71.1 Å². The Kier molecular flexibility index (Phi) is 9.48. The van der Waals surface area contributed by atoms with Crippen molar-refractivity contribution in [1.82, 2.24) is 15.8 Å². The number of likely N-dealkylation sites (tertiary alicyclic amines) is 1. The van der Waals surface area contributed by atoms with Gasteiger partial charge in [0.2, 0.25) is 0 Å². The molecule has 12 nitrogen and oxygen atoms in total. The van der Waals surface area contributed by atoms with Crippen LogP contribution in [0.2, 0.25) is 0 Å². The monoisotopic (exact) mass is 577 g/mol. The summed E-state index contributed by atoms with van der Waals surface area (Å²) >= 11 is 0. The molecular formula is C30H35N5O7. The van der Waals surface area contributed by atoms with Gasteiger partial charge in [0.1, 0.15) is 5.75 Å². The largest absolute Gasteiger partial charge is 0.497 e. The second-order valence-corrected chi connectivity index (χ2v) is 10.3. The van der Waals surface area contributed by atoms with E-state index in [1.54, 1.807) is 50.1 Å². The Morgan fingerprint density at radius 3 is 2.10 bits per heavy atom. The molecule has 0 spiro atoms. The first-order valence-electron chi connectivity index (χ1n) is 13.6. The van der Waals surface area contributed by atoms with Crippen LogP contribution in [-0.4, -0.2) is 65.7 Å². The van der Waals surface area contributed by atoms with Crippen LogP contribution in [0.3, 0.4) is 0 Å². The van der Waals surface area contributed by atoms with Gasteiger partial charge in [-0.25, -0.2) is 19.8 Å². The van der Waals surface area contributed by atoms with Crippen molar-refractivity contribution in [2.24, 2.45) is 0 Å². The highest BCUT2D eigenvalue weighted by atomic mass is 16.5. The molecule has 42 heavy (non-hydrogen) atoms. The van der Waals surface area contributed by atoms with Crippen molar-refractivity contribution in [2.75, 3.05) is 37.0 Å². The first kappa shape index (κ1) is 30.1. The number of anilines is 2. The Morgan fingerprint density at radius 1 is 0.905 bits per heavy atom. The maximum absolute atomic E-state index is 12.4. The van der Waals surface area contributed by atoms with Gasteiger partial charge in [-0.1, -0.05) is 12.1 Å². The predicted molar refractivity (Wildman–Crippen MR) is 156 cm³/mol. The van der Waals surface area contributed by atoms with E-state index < -0.39 is 18.0 Å². The standard InChI is InChI=1S/C30H35N5O7/c1-18-25(28(37)38)16-26(29(39)40)19(2)35(18)23-9-7-22(8-10-23)31-30(41)33-32-27(36)17-34-13-11-20(12-14-34)21-5-4-6-24(15-21)42-3/h4-10,15,20H,11-14,16-17H2,1-3H3,(H,32,36)(H,37,38)(H,39,40)(H2,31,33,41). The highest BCUT2D eigenvalue weighted by Crippen LogP contribution is 2.35. The summed E-state index contributed by atoms with van der Waals surface area (Å²) in [5, 5.41) is 21.7. The Hall–Kier alpha value is -4.84. The van der Waals surface area contributed by atoms with E-state index in [0.29, 0.717) is 28.7 Å². The van der Waals surface area contributed by atoms with Crippen LogP contribution in [0.1, 0.15) is 44.6 Å². The quantitative estimate of drug-likeness (QED) is 0.295. The lowest BCUT2D eigenvalue weighted by Crippen LogP contribution is -2.48. The number of allylic oxidation sites excluding steroid dienone is 2. The van der Waals surface area contributed by atoms with Crippen molar-refractivity contribution in [1.29, 1.82) is 0 Å². The number of carbonyl (C=O) groups excluding carboxylic acids is 2. The lowest BCUT2D eigenvalue weighted by Gasteiger charge is -2.33. The second kappa shape index (κ2) is 13.2. The molecule has 0 atom stereocenters. The lowest BCUT2D eigenvalue weighted by atomic mass is 9.89. The minimum atomic E-state index is -1.18. The van der Waals surface area contributed by atoms with Gasteiger partial charge in [-0.2, -0.15) is 0 Å². The third kappa shape index (κ3) is 7.07. The average molecular weight is 578 g/mol. The zero-order valence-corrected chi connectivity index (χ0v) is 23.8. The van der Waals surface area contributed by atoms with Gasteiger partial charge in [-0.05, 0) is 87.7 Å². The van der Waals surface area contributed by atoms with Crippen molar-refractivity contribution in [3.63, 3.8) is 0 Å². The van der Waals surface area contributed by atoms with Crippen LogP contribution in [-0.2, 0) is 14.4 Å². The third-order valence-electron chi connectivity index (χ3n) is 7.63. The van der Waals surface area contributed by atoms with Crippen LogP contribution < -0.4 is 25.8 Å². The molecule has 1 fully saturated rings. The molecule has 3 amide bonds. The van der Waals surface area contributed by atoms with Crippen LogP contribution in [0.4, 0.5) is 16.2 Å². The van der Waals surface area contributed by atoms with E-state index in [0.717, 1.165) is 31.7 Å². The Bertz CT molecular complexity index is 1390. The van der Waals surface area contributed by atoms with Gasteiger partial charge in [-0.15, -0.1) is 0 Å². The number of nitrogens with one attached hydrogen (secondary N) is 3. The van der Waals surface area contributed by atoms with E-state index in [4.69, 9.17) is 4.74 Å². The number of amides is 3.